The smallest absolute Gasteiger partial charge is 0.257 e. The molecule has 36 heavy (non-hydrogen) atoms. The van der Waals surface area contributed by atoms with E-state index >= 15 is 0 Å². The molecule has 0 aliphatic carbocycles. The molecule has 0 unspecified atom stereocenters. The van der Waals surface area contributed by atoms with Gasteiger partial charge in [0.1, 0.15) is 18.2 Å². The van der Waals surface area contributed by atoms with Gasteiger partial charge in [0.25, 0.3) is 11.8 Å². The fourth-order valence-electron chi connectivity index (χ4n) is 4.14. The van der Waals surface area contributed by atoms with Crippen molar-refractivity contribution in [1.29, 1.82) is 0 Å². The quantitative estimate of drug-likeness (QED) is 0.691. The molecule has 0 fully saturated rings. The maximum absolute atomic E-state index is 13.4. The molecule has 0 spiro atoms. The summed E-state index contributed by atoms with van der Waals surface area (Å²) in [6.45, 7) is 6.35. The molecular weight excluding hydrogens is 465 g/mol. The minimum absolute atomic E-state index is 0.119. The summed E-state index contributed by atoms with van der Waals surface area (Å²) in [6.07, 6.45) is -0.0361. The summed E-state index contributed by atoms with van der Waals surface area (Å²) < 4.78 is 25.2. The van der Waals surface area contributed by atoms with Gasteiger partial charge in [0.05, 0.1) is 17.7 Å². The summed E-state index contributed by atoms with van der Waals surface area (Å²) in [4.78, 5) is 41.9. The van der Waals surface area contributed by atoms with Gasteiger partial charge in [0.15, 0.2) is 0 Å². The Balaban J connectivity index is 1.98. The van der Waals surface area contributed by atoms with Gasteiger partial charge in [-0.1, -0.05) is 13.8 Å². The van der Waals surface area contributed by atoms with Gasteiger partial charge in [0.2, 0.25) is 5.91 Å². The molecule has 194 valence electrons. The molecule has 2 aromatic carbocycles. The zero-order chi connectivity index (χ0) is 26.4. The van der Waals surface area contributed by atoms with Crippen LogP contribution in [0.1, 0.15) is 47.9 Å². The van der Waals surface area contributed by atoms with Crippen molar-refractivity contribution in [3.05, 3.63) is 59.4 Å². The number of nitrogens with one attached hydrogen (secondary N) is 1. The van der Waals surface area contributed by atoms with Crippen molar-refractivity contribution in [3.63, 3.8) is 0 Å². The highest BCUT2D eigenvalue weighted by Crippen LogP contribution is 2.27. The van der Waals surface area contributed by atoms with E-state index < -0.39 is 5.82 Å². The van der Waals surface area contributed by atoms with Crippen molar-refractivity contribution in [2.75, 3.05) is 39.2 Å². The summed E-state index contributed by atoms with van der Waals surface area (Å²) in [5.41, 5.74) is 1.18. The lowest BCUT2D eigenvalue weighted by Gasteiger charge is -2.36. The number of rotatable bonds is 4. The Bertz CT molecular complexity index is 1090. The van der Waals surface area contributed by atoms with Crippen LogP contribution in [0.2, 0.25) is 0 Å². The first-order valence-electron chi connectivity index (χ1n) is 12.1. The third-order valence-electron chi connectivity index (χ3n) is 6.40. The van der Waals surface area contributed by atoms with E-state index in [1.54, 1.807) is 49.1 Å². The first-order valence-corrected chi connectivity index (χ1v) is 12.1. The molecule has 3 amide bonds. The largest absolute Gasteiger partial charge is 0.491 e. The Morgan fingerprint density at radius 1 is 1.14 bits per heavy atom. The fourth-order valence-corrected chi connectivity index (χ4v) is 4.14. The molecule has 0 saturated carbocycles. The Hall–Kier alpha value is -3.46. The van der Waals surface area contributed by atoms with Crippen molar-refractivity contribution >= 4 is 23.4 Å². The number of ether oxygens (including phenoxy) is 2. The van der Waals surface area contributed by atoms with E-state index in [1.807, 2.05) is 13.8 Å². The minimum Gasteiger partial charge on any atom is -0.491 e. The number of carbonyl (C=O) groups is 3. The second kappa shape index (κ2) is 12.0. The van der Waals surface area contributed by atoms with Crippen LogP contribution in [0, 0.1) is 11.7 Å². The Labute approximate surface area is 211 Å². The third-order valence-corrected chi connectivity index (χ3v) is 6.40. The molecule has 0 aromatic heterocycles. The number of halogens is 1. The topological polar surface area (TPSA) is 88.2 Å². The monoisotopic (exact) mass is 499 g/mol. The van der Waals surface area contributed by atoms with Crippen LogP contribution in [0.5, 0.6) is 5.75 Å². The van der Waals surface area contributed by atoms with Crippen molar-refractivity contribution in [1.82, 2.24) is 9.80 Å². The van der Waals surface area contributed by atoms with E-state index in [0.717, 1.165) is 0 Å². The van der Waals surface area contributed by atoms with Gasteiger partial charge in [-0.2, -0.15) is 0 Å². The summed E-state index contributed by atoms with van der Waals surface area (Å²) in [6, 6.07) is 10.0. The summed E-state index contributed by atoms with van der Waals surface area (Å²) >= 11 is 0. The molecule has 1 N–H and O–H groups in total. The summed E-state index contributed by atoms with van der Waals surface area (Å²) in [5.74, 6) is -0.854. The van der Waals surface area contributed by atoms with Gasteiger partial charge < -0.3 is 24.6 Å². The SMILES string of the molecule is CCC(=O)Nc1ccc2c(c1)C(=O)N(C)C[C@@H](OC)[C@H](C)CN(C(=O)c1ccc(F)cc1)[C@@H](C)CO2. The van der Waals surface area contributed by atoms with E-state index in [-0.39, 0.29) is 48.9 Å². The van der Waals surface area contributed by atoms with E-state index in [0.29, 0.717) is 35.5 Å². The predicted molar refractivity (Wildman–Crippen MR) is 135 cm³/mol. The number of benzene rings is 2. The minimum atomic E-state index is -0.414. The van der Waals surface area contributed by atoms with Crippen LogP contribution in [0.25, 0.3) is 0 Å². The van der Waals surface area contributed by atoms with E-state index in [4.69, 9.17) is 9.47 Å². The zero-order valence-corrected chi connectivity index (χ0v) is 21.4. The molecule has 2 aromatic rings. The van der Waals surface area contributed by atoms with Crippen LogP contribution in [0.4, 0.5) is 10.1 Å². The van der Waals surface area contributed by atoms with Crippen LogP contribution < -0.4 is 10.1 Å². The normalized spacial score (nSPS) is 21.1. The lowest BCUT2D eigenvalue weighted by Crippen LogP contribution is -2.48. The fraction of sp³-hybridized carbons (Fsp3) is 0.444. The zero-order valence-electron chi connectivity index (χ0n) is 21.4. The summed E-state index contributed by atoms with van der Waals surface area (Å²) in [5, 5.41) is 2.77. The number of hydrogen-bond donors (Lipinski definition) is 1. The number of anilines is 1. The van der Waals surface area contributed by atoms with Gasteiger partial charge in [0, 0.05) is 50.8 Å². The first-order chi connectivity index (χ1) is 17.1. The maximum Gasteiger partial charge on any atom is 0.257 e. The van der Waals surface area contributed by atoms with Crippen LogP contribution in [-0.2, 0) is 9.53 Å². The standard InChI is InChI=1S/C27H34FN3O5/c1-6-25(32)29-21-11-12-23-22(13-21)27(34)30(4)15-24(35-5)17(2)14-31(18(3)16-36-23)26(33)19-7-9-20(28)10-8-19/h7-13,17-18,24H,6,14-16H2,1-5H3,(H,29,32)/t17-,18+,24-/m1/s1. The van der Waals surface area contributed by atoms with Gasteiger partial charge in [-0.05, 0) is 49.4 Å². The van der Waals surface area contributed by atoms with Gasteiger partial charge >= 0.3 is 0 Å². The van der Waals surface area contributed by atoms with E-state index in [1.165, 1.54) is 24.3 Å². The van der Waals surface area contributed by atoms with Crippen LogP contribution in [0.15, 0.2) is 42.5 Å². The van der Waals surface area contributed by atoms with Crippen LogP contribution in [-0.4, -0.2) is 73.5 Å². The second-order valence-electron chi connectivity index (χ2n) is 9.17. The molecule has 1 aliphatic heterocycles. The molecule has 0 bridgehead atoms. The molecule has 9 heteroatoms. The first kappa shape index (κ1) is 27.1. The van der Waals surface area contributed by atoms with E-state index in [2.05, 4.69) is 5.32 Å². The molecule has 3 rings (SSSR count). The number of carbonyl (C=O) groups excluding carboxylic acids is 3. The third kappa shape index (κ3) is 6.40. The number of hydrogen-bond acceptors (Lipinski definition) is 5. The molecule has 0 saturated heterocycles. The molecule has 3 atom stereocenters. The highest BCUT2D eigenvalue weighted by Gasteiger charge is 2.31. The Morgan fingerprint density at radius 2 is 1.83 bits per heavy atom. The maximum atomic E-state index is 13.4. The van der Waals surface area contributed by atoms with Crippen molar-refractivity contribution in [3.8, 4) is 5.75 Å². The molecule has 0 radical (unpaired) electrons. The highest BCUT2D eigenvalue weighted by atomic mass is 19.1. The Morgan fingerprint density at radius 3 is 2.47 bits per heavy atom. The number of fused-ring (bicyclic) bond motifs is 1. The van der Waals surface area contributed by atoms with Gasteiger partial charge in [-0.25, -0.2) is 4.39 Å². The molecule has 8 nitrogen and oxygen atoms in total. The second-order valence-corrected chi connectivity index (χ2v) is 9.17. The Kier molecular flexibility index (Phi) is 9.03. The molecule has 1 aliphatic rings. The number of nitrogens with zero attached hydrogens (tertiary/aromatic N) is 2. The number of amides is 3. The lowest BCUT2D eigenvalue weighted by molar-refractivity contribution is -0.115. The van der Waals surface area contributed by atoms with Gasteiger partial charge in [-0.3, -0.25) is 14.4 Å². The van der Waals surface area contributed by atoms with E-state index in [9.17, 15) is 18.8 Å². The predicted octanol–water partition coefficient (Wildman–Crippen LogP) is 3.82. The number of methoxy groups -OCH3 is 1. The van der Waals surface area contributed by atoms with Crippen LogP contribution >= 0.6 is 0 Å². The average molecular weight is 500 g/mol. The van der Waals surface area contributed by atoms with Gasteiger partial charge in [-0.15, -0.1) is 0 Å². The average Bonchev–Trinajstić information content (AvgIpc) is 2.87. The molecule has 1 heterocycles. The number of likely N-dealkylation sites (N-methyl/N-ethyl adjacent to an activating group) is 1. The van der Waals surface area contributed by atoms with Crippen LogP contribution in [0.3, 0.4) is 0 Å². The lowest BCUT2D eigenvalue weighted by atomic mass is 10.0. The highest BCUT2D eigenvalue weighted by molar-refractivity contribution is 5.99. The van der Waals surface area contributed by atoms with Crippen molar-refractivity contribution < 1.29 is 28.2 Å². The molecular formula is C27H34FN3O5. The van der Waals surface area contributed by atoms with Crippen molar-refractivity contribution in [2.24, 2.45) is 5.92 Å². The van der Waals surface area contributed by atoms with Crippen molar-refractivity contribution in [2.45, 2.75) is 39.3 Å². The summed E-state index contributed by atoms with van der Waals surface area (Å²) in [7, 11) is 3.26.